The molecule has 1 N–H and O–H groups in total. The number of aryl methyl sites for hydroxylation is 1. The van der Waals surface area contributed by atoms with Gasteiger partial charge < -0.3 is 4.98 Å². The second kappa shape index (κ2) is 5.75. The van der Waals surface area contributed by atoms with E-state index in [9.17, 15) is 0 Å². The Labute approximate surface area is 120 Å². The summed E-state index contributed by atoms with van der Waals surface area (Å²) in [7, 11) is 0. The van der Waals surface area contributed by atoms with Gasteiger partial charge >= 0.3 is 0 Å². The summed E-state index contributed by atoms with van der Waals surface area (Å²) in [5, 5.41) is 0. The molecule has 2 aromatic rings. The van der Waals surface area contributed by atoms with Gasteiger partial charge in [0.05, 0.1) is 18.1 Å². The number of fused-ring (bicyclic) bond motifs is 1. The average molecular weight is 270 g/mol. The highest BCUT2D eigenvalue weighted by atomic mass is 15.2. The molecule has 0 saturated carbocycles. The summed E-state index contributed by atoms with van der Waals surface area (Å²) in [6, 6.07) is 5.18. The van der Waals surface area contributed by atoms with E-state index in [0.29, 0.717) is 12.1 Å². The number of hydrogen-bond acceptors (Lipinski definition) is 3. The molecule has 0 saturated heterocycles. The first kappa shape index (κ1) is 13.3. The van der Waals surface area contributed by atoms with Gasteiger partial charge in [-0.05, 0) is 44.7 Å². The maximum absolute atomic E-state index is 4.67. The van der Waals surface area contributed by atoms with Crippen molar-refractivity contribution in [3.63, 3.8) is 0 Å². The second-order valence-corrected chi connectivity index (χ2v) is 5.80. The molecule has 0 aliphatic heterocycles. The number of nitrogens with one attached hydrogen (secondary N) is 1. The lowest BCUT2D eigenvalue weighted by Crippen LogP contribution is -2.36. The van der Waals surface area contributed by atoms with Gasteiger partial charge in [0.15, 0.2) is 0 Å². The fraction of sp³-hybridized carbons (Fsp3) is 0.500. The zero-order valence-corrected chi connectivity index (χ0v) is 12.2. The molecule has 2 aromatic heterocycles. The number of hydrogen-bond donors (Lipinski definition) is 1. The molecule has 0 bridgehead atoms. The summed E-state index contributed by atoms with van der Waals surface area (Å²) in [6.07, 6.45) is 9.19. The molecular weight excluding hydrogens is 248 g/mol. The van der Waals surface area contributed by atoms with Crippen LogP contribution >= 0.6 is 0 Å². The van der Waals surface area contributed by atoms with Gasteiger partial charge in [-0.1, -0.05) is 6.07 Å². The smallest absolute Gasteiger partial charge is 0.0922 e. The van der Waals surface area contributed by atoms with Crippen LogP contribution in [0.15, 0.2) is 30.9 Å². The van der Waals surface area contributed by atoms with Gasteiger partial charge in [0, 0.05) is 30.7 Å². The van der Waals surface area contributed by atoms with E-state index in [4.69, 9.17) is 0 Å². The number of H-pyrrole nitrogens is 1. The lowest BCUT2D eigenvalue weighted by atomic mass is 9.90. The molecule has 0 spiro atoms. The van der Waals surface area contributed by atoms with E-state index in [1.54, 1.807) is 6.33 Å². The first-order valence-corrected chi connectivity index (χ1v) is 7.42. The van der Waals surface area contributed by atoms with Gasteiger partial charge in [-0.15, -0.1) is 0 Å². The van der Waals surface area contributed by atoms with Crippen molar-refractivity contribution >= 4 is 0 Å². The van der Waals surface area contributed by atoms with Crippen LogP contribution in [-0.4, -0.2) is 25.9 Å². The third kappa shape index (κ3) is 2.61. The summed E-state index contributed by atoms with van der Waals surface area (Å²) < 4.78 is 0. The molecule has 1 unspecified atom stereocenters. The van der Waals surface area contributed by atoms with Crippen molar-refractivity contribution in [3.8, 4) is 0 Å². The van der Waals surface area contributed by atoms with Crippen molar-refractivity contribution in [2.24, 2.45) is 0 Å². The zero-order valence-electron chi connectivity index (χ0n) is 12.2. The van der Waals surface area contributed by atoms with Crippen LogP contribution in [0.25, 0.3) is 0 Å². The Balaban J connectivity index is 1.89. The molecule has 1 atom stereocenters. The van der Waals surface area contributed by atoms with Gasteiger partial charge in [0.2, 0.25) is 0 Å². The summed E-state index contributed by atoms with van der Waals surface area (Å²) in [6.45, 7) is 5.42. The standard InChI is InChI=1S/C16H22N4/c1-12(2)20(10-14-9-17-11-19-14)15-7-3-5-13-6-4-8-18-16(13)15/h4,6,8-9,11-12,15H,3,5,7,10H2,1-2H3,(H,17,19). The third-order valence-electron chi connectivity index (χ3n) is 4.14. The number of aromatic nitrogens is 3. The summed E-state index contributed by atoms with van der Waals surface area (Å²) in [5.74, 6) is 0. The normalized spacial score (nSPS) is 18.5. The van der Waals surface area contributed by atoms with Crippen LogP contribution in [0.1, 0.15) is 49.7 Å². The molecule has 0 aromatic carbocycles. The van der Waals surface area contributed by atoms with Gasteiger partial charge in [-0.3, -0.25) is 9.88 Å². The predicted octanol–water partition coefficient (Wildman–Crippen LogP) is 3.09. The molecule has 1 aliphatic carbocycles. The van der Waals surface area contributed by atoms with Crippen LogP contribution in [0.2, 0.25) is 0 Å². The van der Waals surface area contributed by atoms with Crippen molar-refractivity contribution in [2.45, 2.75) is 51.7 Å². The fourth-order valence-electron chi connectivity index (χ4n) is 3.13. The molecule has 0 radical (unpaired) electrons. The van der Waals surface area contributed by atoms with Gasteiger partial charge in [-0.2, -0.15) is 0 Å². The number of imidazole rings is 1. The van der Waals surface area contributed by atoms with Crippen LogP contribution in [0.4, 0.5) is 0 Å². The summed E-state index contributed by atoms with van der Waals surface area (Å²) >= 11 is 0. The maximum atomic E-state index is 4.67. The average Bonchev–Trinajstić information content (AvgIpc) is 2.97. The van der Waals surface area contributed by atoms with Crippen LogP contribution < -0.4 is 0 Å². The van der Waals surface area contributed by atoms with E-state index >= 15 is 0 Å². The molecule has 106 valence electrons. The van der Waals surface area contributed by atoms with E-state index in [2.05, 4.69) is 45.8 Å². The molecular formula is C16H22N4. The van der Waals surface area contributed by atoms with Crippen molar-refractivity contribution in [3.05, 3.63) is 47.8 Å². The van der Waals surface area contributed by atoms with E-state index in [1.165, 1.54) is 29.8 Å². The van der Waals surface area contributed by atoms with Gasteiger partial charge in [0.25, 0.3) is 0 Å². The van der Waals surface area contributed by atoms with Crippen molar-refractivity contribution in [1.29, 1.82) is 0 Å². The topological polar surface area (TPSA) is 44.8 Å². The Morgan fingerprint density at radius 3 is 3.10 bits per heavy atom. The zero-order chi connectivity index (χ0) is 13.9. The molecule has 4 heteroatoms. The second-order valence-electron chi connectivity index (χ2n) is 5.80. The lowest BCUT2D eigenvalue weighted by molar-refractivity contribution is 0.124. The Kier molecular flexibility index (Phi) is 3.83. The SMILES string of the molecule is CC(C)N(Cc1cnc[nH]1)C1CCCc2cccnc21. The Morgan fingerprint density at radius 2 is 2.35 bits per heavy atom. The number of nitrogens with zero attached hydrogens (tertiary/aromatic N) is 3. The predicted molar refractivity (Wildman–Crippen MR) is 79.2 cm³/mol. The first-order chi connectivity index (χ1) is 9.75. The van der Waals surface area contributed by atoms with E-state index in [0.717, 1.165) is 13.0 Å². The van der Waals surface area contributed by atoms with Crippen LogP contribution in [0.5, 0.6) is 0 Å². The molecule has 4 nitrogen and oxygen atoms in total. The van der Waals surface area contributed by atoms with Crippen molar-refractivity contribution < 1.29 is 0 Å². The van der Waals surface area contributed by atoms with Crippen LogP contribution in [-0.2, 0) is 13.0 Å². The number of rotatable bonds is 4. The maximum Gasteiger partial charge on any atom is 0.0922 e. The van der Waals surface area contributed by atoms with E-state index in [1.807, 2.05) is 12.4 Å². The minimum atomic E-state index is 0.420. The monoisotopic (exact) mass is 270 g/mol. The summed E-state index contributed by atoms with van der Waals surface area (Å²) in [5.41, 5.74) is 3.85. The number of pyridine rings is 1. The highest BCUT2D eigenvalue weighted by Crippen LogP contribution is 2.34. The Hall–Kier alpha value is -1.68. The number of aromatic amines is 1. The summed E-state index contributed by atoms with van der Waals surface area (Å²) in [4.78, 5) is 14.5. The van der Waals surface area contributed by atoms with Crippen LogP contribution in [0.3, 0.4) is 0 Å². The lowest BCUT2D eigenvalue weighted by Gasteiger charge is -2.37. The molecule has 0 fully saturated rings. The van der Waals surface area contributed by atoms with Gasteiger partial charge in [0.1, 0.15) is 0 Å². The molecule has 20 heavy (non-hydrogen) atoms. The molecule has 0 amide bonds. The minimum Gasteiger partial charge on any atom is -0.347 e. The minimum absolute atomic E-state index is 0.420. The fourth-order valence-corrected chi connectivity index (χ4v) is 3.13. The third-order valence-corrected chi connectivity index (χ3v) is 4.14. The van der Waals surface area contributed by atoms with Crippen LogP contribution in [0, 0.1) is 0 Å². The Morgan fingerprint density at radius 1 is 1.45 bits per heavy atom. The quantitative estimate of drug-likeness (QED) is 0.928. The highest BCUT2D eigenvalue weighted by Gasteiger charge is 2.28. The van der Waals surface area contributed by atoms with Gasteiger partial charge in [-0.25, -0.2) is 4.98 Å². The molecule has 2 heterocycles. The highest BCUT2D eigenvalue weighted by molar-refractivity contribution is 5.25. The van der Waals surface area contributed by atoms with Crippen molar-refractivity contribution in [2.75, 3.05) is 0 Å². The van der Waals surface area contributed by atoms with E-state index < -0.39 is 0 Å². The van der Waals surface area contributed by atoms with Crippen molar-refractivity contribution in [1.82, 2.24) is 19.9 Å². The largest absolute Gasteiger partial charge is 0.347 e. The Bertz CT molecular complexity index is 547. The molecule has 1 aliphatic rings. The van der Waals surface area contributed by atoms with E-state index in [-0.39, 0.29) is 0 Å². The first-order valence-electron chi connectivity index (χ1n) is 7.42. The molecule has 3 rings (SSSR count).